The molecule has 0 aliphatic carbocycles. The number of rotatable bonds is 6. The van der Waals surface area contributed by atoms with E-state index in [1.54, 1.807) is 18.2 Å². The molecule has 6 heteroatoms. The molecule has 0 saturated carbocycles. The third kappa shape index (κ3) is 5.32. The number of carbonyl (C=O) groups excluding carboxylic acids is 1. The van der Waals surface area contributed by atoms with Gasteiger partial charge in [-0.1, -0.05) is 18.2 Å². The summed E-state index contributed by atoms with van der Waals surface area (Å²) in [6.45, 7) is 5.98. The Morgan fingerprint density at radius 3 is 2.36 bits per heavy atom. The van der Waals surface area contributed by atoms with Gasteiger partial charge in [0.25, 0.3) is 0 Å². The predicted molar refractivity (Wildman–Crippen MR) is 103 cm³/mol. The van der Waals surface area contributed by atoms with E-state index < -0.39 is 10.0 Å². The van der Waals surface area contributed by atoms with Gasteiger partial charge in [-0.05, 0) is 61.7 Å². The van der Waals surface area contributed by atoms with Gasteiger partial charge in [-0.25, -0.2) is 8.42 Å². The van der Waals surface area contributed by atoms with Gasteiger partial charge in [0.1, 0.15) is 0 Å². The summed E-state index contributed by atoms with van der Waals surface area (Å²) in [7, 11) is -3.46. The summed E-state index contributed by atoms with van der Waals surface area (Å²) >= 11 is 0. The summed E-state index contributed by atoms with van der Waals surface area (Å²) in [5, 5.41) is 2.82. The molecule has 25 heavy (non-hydrogen) atoms. The fourth-order valence-corrected chi connectivity index (χ4v) is 3.43. The molecule has 2 aromatic carbocycles. The first kappa shape index (κ1) is 19.0. The molecule has 2 aromatic rings. The van der Waals surface area contributed by atoms with Crippen LogP contribution in [-0.2, 0) is 14.8 Å². The van der Waals surface area contributed by atoms with Gasteiger partial charge < -0.3 is 5.32 Å². The summed E-state index contributed by atoms with van der Waals surface area (Å²) < 4.78 is 25.4. The van der Waals surface area contributed by atoms with E-state index in [2.05, 4.69) is 5.32 Å². The van der Waals surface area contributed by atoms with Crippen molar-refractivity contribution in [3.63, 3.8) is 0 Å². The van der Waals surface area contributed by atoms with E-state index in [0.717, 1.165) is 28.6 Å². The molecule has 0 radical (unpaired) electrons. The van der Waals surface area contributed by atoms with E-state index >= 15 is 0 Å². The van der Waals surface area contributed by atoms with Gasteiger partial charge in [-0.15, -0.1) is 0 Å². The monoisotopic (exact) mass is 360 g/mol. The minimum absolute atomic E-state index is 0.0773. The predicted octanol–water partition coefficient (Wildman–Crippen LogP) is 3.41. The van der Waals surface area contributed by atoms with E-state index in [1.165, 1.54) is 4.31 Å². The molecule has 0 bridgehead atoms. The van der Waals surface area contributed by atoms with Gasteiger partial charge in [0.05, 0.1) is 11.9 Å². The standard InChI is InChI=1S/C19H24N2O3S/c1-14-6-5-7-18(12-14)21(25(4,23)24)11-10-19(22)20-17-9-8-15(2)16(3)13-17/h5-9,12-13H,10-11H2,1-4H3,(H,20,22). The normalized spacial score (nSPS) is 11.2. The SMILES string of the molecule is Cc1cccc(N(CCC(=O)Nc2ccc(C)c(C)c2)S(C)(=O)=O)c1. The van der Waals surface area contributed by atoms with Crippen LogP contribution in [0.3, 0.4) is 0 Å². The fraction of sp³-hybridized carbons (Fsp3) is 0.316. The highest BCUT2D eigenvalue weighted by Gasteiger charge is 2.18. The maximum atomic E-state index is 12.2. The molecule has 0 unspecified atom stereocenters. The quantitative estimate of drug-likeness (QED) is 0.858. The summed E-state index contributed by atoms with van der Waals surface area (Å²) in [5.41, 5.74) is 4.50. The van der Waals surface area contributed by atoms with Crippen LogP contribution in [0.1, 0.15) is 23.1 Å². The van der Waals surface area contributed by atoms with Gasteiger partial charge in [0, 0.05) is 18.7 Å². The van der Waals surface area contributed by atoms with Crippen LogP contribution in [0.2, 0.25) is 0 Å². The second kappa shape index (κ2) is 7.70. The van der Waals surface area contributed by atoms with Crippen LogP contribution >= 0.6 is 0 Å². The van der Waals surface area contributed by atoms with Crippen LogP contribution in [0.15, 0.2) is 42.5 Å². The number of hydrogen-bond acceptors (Lipinski definition) is 3. The number of nitrogens with one attached hydrogen (secondary N) is 1. The Hall–Kier alpha value is -2.34. The third-order valence-electron chi connectivity index (χ3n) is 4.02. The van der Waals surface area contributed by atoms with Crippen molar-refractivity contribution >= 4 is 27.3 Å². The topological polar surface area (TPSA) is 66.5 Å². The Bertz CT molecular complexity index is 876. The largest absolute Gasteiger partial charge is 0.326 e. The number of carbonyl (C=O) groups is 1. The summed E-state index contributed by atoms with van der Waals surface area (Å²) in [6, 6.07) is 12.9. The number of hydrogen-bond donors (Lipinski definition) is 1. The van der Waals surface area contributed by atoms with Gasteiger partial charge in [-0.2, -0.15) is 0 Å². The van der Waals surface area contributed by atoms with Crippen LogP contribution in [-0.4, -0.2) is 27.1 Å². The molecule has 2 rings (SSSR count). The maximum Gasteiger partial charge on any atom is 0.232 e. The van der Waals surface area contributed by atoms with Crippen LogP contribution < -0.4 is 9.62 Å². The molecule has 1 N–H and O–H groups in total. The van der Waals surface area contributed by atoms with E-state index in [4.69, 9.17) is 0 Å². The Morgan fingerprint density at radius 2 is 1.76 bits per heavy atom. The molecule has 134 valence electrons. The van der Waals surface area contributed by atoms with Gasteiger partial charge in [-0.3, -0.25) is 9.10 Å². The van der Waals surface area contributed by atoms with Gasteiger partial charge in [0.2, 0.25) is 15.9 Å². The van der Waals surface area contributed by atoms with Crippen molar-refractivity contribution in [1.82, 2.24) is 0 Å². The fourth-order valence-electron chi connectivity index (χ4n) is 2.52. The minimum atomic E-state index is -3.46. The molecule has 1 amide bonds. The smallest absolute Gasteiger partial charge is 0.232 e. The molecule has 0 aromatic heterocycles. The molecule has 0 aliphatic rings. The van der Waals surface area contributed by atoms with Gasteiger partial charge in [0.15, 0.2) is 0 Å². The lowest BCUT2D eigenvalue weighted by Gasteiger charge is -2.22. The first-order valence-corrected chi connectivity index (χ1v) is 9.93. The molecule has 0 fully saturated rings. The van der Waals surface area contributed by atoms with Crippen molar-refractivity contribution < 1.29 is 13.2 Å². The maximum absolute atomic E-state index is 12.2. The second-order valence-corrected chi connectivity index (χ2v) is 8.18. The first-order valence-electron chi connectivity index (χ1n) is 8.08. The number of benzene rings is 2. The zero-order chi connectivity index (χ0) is 18.6. The lowest BCUT2D eigenvalue weighted by Crippen LogP contribution is -2.33. The molecule has 5 nitrogen and oxygen atoms in total. The zero-order valence-corrected chi connectivity index (χ0v) is 15.9. The van der Waals surface area contributed by atoms with Crippen molar-refractivity contribution in [3.05, 3.63) is 59.2 Å². The second-order valence-electron chi connectivity index (χ2n) is 6.27. The minimum Gasteiger partial charge on any atom is -0.326 e. The third-order valence-corrected chi connectivity index (χ3v) is 5.22. The number of nitrogens with zero attached hydrogens (tertiary/aromatic N) is 1. The van der Waals surface area contributed by atoms with Crippen molar-refractivity contribution in [1.29, 1.82) is 0 Å². The highest BCUT2D eigenvalue weighted by atomic mass is 32.2. The van der Waals surface area contributed by atoms with E-state index in [9.17, 15) is 13.2 Å². The number of aryl methyl sites for hydroxylation is 3. The molecule has 0 saturated heterocycles. The number of sulfonamides is 1. The molecular formula is C19H24N2O3S. The average molecular weight is 360 g/mol. The van der Waals surface area contributed by atoms with E-state index in [0.29, 0.717) is 5.69 Å². The zero-order valence-electron chi connectivity index (χ0n) is 15.0. The Kier molecular flexibility index (Phi) is 5.85. The van der Waals surface area contributed by atoms with Crippen LogP contribution in [0.5, 0.6) is 0 Å². The molecule has 0 aliphatic heterocycles. The first-order chi connectivity index (χ1) is 11.7. The van der Waals surface area contributed by atoms with Crippen LogP contribution in [0, 0.1) is 20.8 Å². The average Bonchev–Trinajstić information content (AvgIpc) is 2.50. The van der Waals surface area contributed by atoms with Gasteiger partial charge >= 0.3 is 0 Å². The number of amides is 1. The van der Waals surface area contributed by atoms with Crippen molar-refractivity contribution in [2.45, 2.75) is 27.2 Å². The summed E-state index contributed by atoms with van der Waals surface area (Å²) in [5.74, 6) is -0.218. The molecular weight excluding hydrogens is 336 g/mol. The van der Waals surface area contributed by atoms with Crippen molar-refractivity contribution in [3.8, 4) is 0 Å². The van der Waals surface area contributed by atoms with Crippen molar-refractivity contribution in [2.75, 3.05) is 22.4 Å². The highest BCUT2D eigenvalue weighted by Crippen LogP contribution is 2.20. The lowest BCUT2D eigenvalue weighted by atomic mass is 10.1. The van der Waals surface area contributed by atoms with Crippen LogP contribution in [0.25, 0.3) is 0 Å². The summed E-state index contributed by atoms with van der Waals surface area (Å²) in [6.07, 6.45) is 1.23. The lowest BCUT2D eigenvalue weighted by molar-refractivity contribution is -0.116. The van der Waals surface area contributed by atoms with E-state index in [-0.39, 0.29) is 18.9 Å². The van der Waals surface area contributed by atoms with Crippen LogP contribution in [0.4, 0.5) is 11.4 Å². The van der Waals surface area contributed by atoms with E-state index in [1.807, 2.05) is 45.0 Å². The Morgan fingerprint density at radius 1 is 1.04 bits per heavy atom. The number of anilines is 2. The summed E-state index contributed by atoms with van der Waals surface area (Å²) in [4.78, 5) is 12.2. The molecule has 0 heterocycles. The molecule has 0 spiro atoms. The van der Waals surface area contributed by atoms with Crippen molar-refractivity contribution in [2.24, 2.45) is 0 Å². The highest BCUT2D eigenvalue weighted by molar-refractivity contribution is 7.92. The Balaban J connectivity index is 2.07. The Labute approximate surface area is 149 Å². The molecule has 0 atom stereocenters.